The van der Waals surface area contributed by atoms with Gasteiger partial charge in [-0.05, 0) is 44.5 Å². The van der Waals surface area contributed by atoms with Crippen LogP contribution in [0.1, 0.15) is 90.4 Å². The molecule has 37 heavy (non-hydrogen) atoms. The topological polar surface area (TPSA) is 56.5 Å². The summed E-state index contributed by atoms with van der Waals surface area (Å²) in [5, 5.41) is 15.0. The standard InChI is InChI=1S/C34H22N2O/c35-36-33-29-25-17-9-1-5-13-21(17)27(22-14-6-2-10-18(22)25)31(29)34(37)32-28-23-15-7-3-11-19(23)26(30(32)33)20-12-4-8-16-24(20)28/h1-16,25-28,36-37H. The minimum Gasteiger partial charge on any atom is -0.507 e. The van der Waals surface area contributed by atoms with Crippen molar-refractivity contribution >= 4 is 5.69 Å². The third-order valence-corrected chi connectivity index (χ3v) is 9.37. The van der Waals surface area contributed by atoms with Gasteiger partial charge in [-0.1, -0.05) is 97.1 Å². The van der Waals surface area contributed by atoms with Crippen LogP contribution >= 0.6 is 0 Å². The fraction of sp³-hybridized carbons (Fsp3) is 0.118. The van der Waals surface area contributed by atoms with Gasteiger partial charge < -0.3 is 10.6 Å². The van der Waals surface area contributed by atoms with Crippen LogP contribution in [-0.2, 0) is 0 Å². The van der Waals surface area contributed by atoms with Gasteiger partial charge in [-0.2, -0.15) is 0 Å². The monoisotopic (exact) mass is 474 g/mol. The third-order valence-electron chi connectivity index (χ3n) is 9.37. The lowest BCUT2D eigenvalue weighted by Gasteiger charge is -2.47. The van der Waals surface area contributed by atoms with Crippen molar-refractivity contribution in [2.24, 2.45) is 0 Å². The Bertz CT molecular complexity index is 1630. The van der Waals surface area contributed by atoms with E-state index in [1.165, 1.54) is 44.5 Å². The number of phenols is 1. The maximum Gasteiger partial charge on any atom is 0.201 e. The molecule has 0 heterocycles. The molecule has 11 rings (SSSR count). The van der Waals surface area contributed by atoms with E-state index in [0.717, 1.165) is 27.9 Å². The Morgan fingerprint density at radius 1 is 0.432 bits per heavy atom. The Morgan fingerprint density at radius 3 is 0.919 bits per heavy atom. The van der Waals surface area contributed by atoms with Crippen molar-refractivity contribution in [2.45, 2.75) is 23.7 Å². The lowest BCUT2D eigenvalue weighted by Crippen LogP contribution is -2.58. The molecule has 0 fully saturated rings. The van der Waals surface area contributed by atoms with E-state index in [-0.39, 0.29) is 23.7 Å². The summed E-state index contributed by atoms with van der Waals surface area (Å²) in [7, 11) is 0. The number of rotatable bonds is 1. The number of hydrogen-bond acceptors (Lipinski definition) is 1. The zero-order valence-corrected chi connectivity index (χ0v) is 19.9. The third kappa shape index (κ3) is 2.13. The van der Waals surface area contributed by atoms with Crippen LogP contribution in [0.25, 0.3) is 5.53 Å². The van der Waals surface area contributed by atoms with Gasteiger partial charge >= 0.3 is 0 Å². The van der Waals surface area contributed by atoms with Crippen molar-refractivity contribution in [3.05, 3.63) is 169 Å². The number of benzene rings is 5. The summed E-state index contributed by atoms with van der Waals surface area (Å²) in [5.74, 6) is 0.141. The summed E-state index contributed by atoms with van der Waals surface area (Å²) in [5.41, 5.74) is 25.6. The van der Waals surface area contributed by atoms with Crippen molar-refractivity contribution in [2.75, 3.05) is 0 Å². The summed E-state index contributed by atoms with van der Waals surface area (Å²) in [4.78, 5) is 0. The molecular formula is C34H22N2O. The zero-order chi connectivity index (χ0) is 24.4. The molecule has 3 nitrogen and oxygen atoms in total. The first-order valence-corrected chi connectivity index (χ1v) is 13.0. The average Bonchev–Trinajstić information content (AvgIpc) is 2.97. The van der Waals surface area contributed by atoms with E-state index in [0.29, 0.717) is 5.75 Å². The van der Waals surface area contributed by atoms with E-state index in [2.05, 4.69) is 102 Å². The van der Waals surface area contributed by atoms with Crippen molar-refractivity contribution in [3.63, 3.8) is 0 Å². The molecule has 0 radical (unpaired) electrons. The molecule has 6 aliphatic carbocycles. The lowest BCUT2D eigenvalue weighted by molar-refractivity contribution is -0.381. The van der Waals surface area contributed by atoms with E-state index in [9.17, 15) is 10.6 Å². The molecule has 0 amide bonds. The van der Waals surface area contributed by atoms with Crippen LogP contribution in [0.2, 0.25) is 0 Å². The van der Waals surface area contributed by atoms with Gasteiger partial charge in [0.25, 0.3) is 0 Å². The number of phenolic OH excluding ortho intramolecular Hbond substituents is 1. The predicted octanol–water partition coefficient (Wildman–Crippen LogP) is 6.10. The van der Waals surface area contributed by atoms with Crippen LogP contribution in [0, 0.1) is 0 Å². The molecule has 4 bridgehead atoms. The van der Waals surface area contributed by atoms with Crippen LogP contribution in [-0.4, -0.2) is 5.11 Å². The molecule has 174 valence electrons. The van der Waals surface area contributed by atoms with Crippen LogP contribution in [0.5, 0.6) is 5.75 Å². The number of nitrogens with one attached hydrogen (secondary N) is 1. The molecule has 0 saturated carbocycles. The van der Waals surface area contributed by atoms with Gasteiger partial charge in [0, 0.05) is 45.9 Å². The fourth-order valence-electron chi connectivity index (χ4n) is 8.18. The second kappa shape index (κ2) is 6.63. The second-order valence-electron chi connectivity index (χ2n) is 10.7. The summed E-state index contributed by atoms with van der Waals surface area (Å²) < 4.78 is 0. The molecule has 5 aromatic rings. The summed E-state index contributed by atoms with van der Waals surface area (Å²) >= 11 is 0. The van der Waals surface area contributed by atoms with E-state index in [1.807, 2.05) is 0 Å². The molecule has 0 saturated heterocycles. The fourth-order valence-corrected chi connectivity index (χ4v) is 8.18. The van der Waals surface area contributed by atoms with E-state index in [4.69, 9.17) is 0 Å². The van der Waals surface area contributed by atoms with E-state index < -0.39 is 0 Å². The first-order chi connectivity index (χ1) is 18.3. The maximum atomic E-state index is 12.3. The first-order valence-electron chi connectivity index (χ1n) is 13.0. The van der Waals surface area contributed by atoms with Gasteiger partial charge in [0.1, 0.15) is 5.75 Å². The Hall–Kier alpha value is -4.50. The summed E-state index contributed by atoms with van der Waals surface area (Å²) in [6, 6.07) is 34.4. The van der Waals surface area contributed by atoms with Gasteiger partial charge in [0.05, 0.1) is 0 Å². The molecule has 0 aromatic heterocycles. The summed E-state index contributed by atoms with van der Waals surface area (Å²) in [6.45, 7) is 0. The normalized spacial score (nSPS) is 22.3. The van der Waals surface area contributed by atoms with Crippen molar-refractivity contribution in [1.29, 1.82) is 0 Å². The highest BCUT2D eigenvalue weighted by molar-refractivity contribution is 5.83. The molecule has 3 heteroatoms. The van der Waals surface area contributed by atoms with Gasteiger partial charge in [0.15, 0.2) is 0 Å². The molecule has 5 aromatic carbocycles. The largest absolute Gasteiger partial charge is 0.507 e. The molecular weight excluding hydrogens is 452 g/mol. The zero-order valence-electron chi connectivity index (χ0n) is 19.9. The predicted molar refractivity (Wildman–Crippen MR) is 142 cm³/mol. The van der Waals surface area contributed by atoms with Crippen molar-refractivity contribution < 1.29 is 10.2 Å². The highest BCUT2D eigenvalue weighted by Crippen LogP contribution is 2.66. The highest BCUT2D eigenvalue weighted by atomic mass is 16.3. The SMILES string of the molecule is [N-]=[NH+]c1c2c(c(O)c3c1C1c4ccccc4C3c3ccccc31)C1c3ccccc3C2c2ccccc21. The highest BCUT2D eigenvalue weighted by Gasteiger charge is 2.52. The number of aromatic hydroxyl groups is 1. The number of hydrogen-bond donors (Lipinski definition) is 2. The number of nitrogens with zero attached hydrogens (tertiary/aromatic N) is 1. The Kier molecular flexibility index (Phi) is 3.52. The lowest BCUT2D eigenvalue weighted by atomic mass is 9.55. The quantitative estimate of drug-likeness (QED) is 0.219. The van der Waals surface area contributed by atoms with Crippen LogP contribution < -0.4 is 5.11 Å². The summed E-state index contributed by atoms with van der Waals surface area (Å²) in [6.07, 6.45) is 0. The molecule has 0 atom stereocenters. The van der Waals surface area contributed by atoms with Gasteiger partial charge in [-0.3, -0.25) is 5.11 Å². The minimum absolute atomic E-state index is 0.0517. The van der Waals surface area contributed by atoms with Crippen molar-refractivity contribution in [1.82, 2.24) is 0 Å². The van der Waals surface area contributed by atoms with Gasteiger partial charge in [0.2, 0.25) is 5.69 Å². The second-order valence-corrected chi connectivity index (χ2v) is 10.7. The van der Waals surface area contributed by atoms with E-state index in [1.54, 1.807) is 0 Å². The molecule has 6 aliphatic rings. The molecule has 0 spiro atoms. The average molecular weight is 475 g/mol. The Labute approximate surface area is 214 Å². The Balaban J connectivity index is 1.45. The van der Waals surface area contributed by atoms with Gasteiger partial charge in [-0.25, -0.2) is 0 Å². The first kappa shape index (κ1) is 19.7. The van der Waals surface area contributed by atoms with Crippen LogP contribution in [0.15, 0.2) is 97.1 Å². The molecule has 2 N–H and O–H groups in total. The minimum atomic E-state index is -0.0734. The molecule has 0 unspecified atom stereocenters. The van der Waals surface area contributed by atoms with Crippen LogP contribution in [0.3, 0.4) is 0 Å². The van der Waals surface area contributed by atoms with E-state index >= 15 is 0 Å². The van der Waals surface area contributed by atoms with Crippen molar-refractivity contribution in [3.8, 4) is 5.75 Å². The Morgan fingerprint density at radius 2 is 0.676 bits per heavy atom. The maximum absolute atomic E-state index is 12.3. The smallest absolute Gasteiger partial charge is 0.201 e. The van der Waals surface area contributed by atoms with Gasteiger partial charge in [-0.15, -0.1) is 0 Å². The van der Waals surface area contributed by atoms with Crippen LogP contribution in [0.4, 0.5) is 5.69 Å². The molecule has 0 aliphatic heterocycles.